The molecule has 106 valence electrons. The zero-order valence-corrected chi connectivity index (χ0v) is 11.7. The minimum absolute atomic E-state index is 0.0225. The number of Topliss-reactive ketones (excluding diaryl/α,β-unsaturated/α-hetero) is 1. The Hall–Kier alpha value is -0.940. The van der Waals surface area contributed by atoms with Crippen molar-refractivity contribution in [2.45, 2.75) is 52.0 Å². The highest BCUT2D eigenvalue weighted by Gasteiger charge is 2.26. The first-order valence-electron chi connectivity index (χ1n) is 6.76. The molecule has 0 aliphatic rings. The second-order valence-electron chi connectivity index (χ2n) is 5.38. The molecule has 7 N–H and O–H groups in total. The molecule has 2 unspecified atom stereocenters. The van der Waals surface area contributed by atoms with E-state index in [1.165, 1.54) is 0 Å². The lowest BCUT2D eigenvalue weighted by atomic mass is 9.91. The van der Waals surface area contributed by atoms with E-state index in [1.54, 1.807) is 0 Å². The van der Waals surface area contributed by atoms with Crippen molar-refractivity contribution in [1.82, 2.24) is 0 Å². The molecule has 5 heteroatoms. The molecule has 0 heterocycles. The standard InChI is InChI=1S/C13H26N2O3/c1-9(2)7-11(15)12(16)8-10(13(17)18)5-3-4-6-14/h9-11H,3-8,14-15H2,1-2H3,(H,17,18)/p+2. The predicted molar refractivity (Wildman–Crippen MR) is 68.5 cm³/mol. The molecule has 0 aromatic rings. The Morgan fingerprint density at radius 2 is 1.83 bits per heavy atom. The number of hydrogen-bond donors (Lipinski definition) is 3. The molecule has 0 rings (SSSR count). The minimum atomic E-state index is -0.871. The monoisotopic (exact) mass is 260 g/mol. The summed E-state index contributed by atoms with van der Waals surface area (Å²) in [5.74, 6) is -1.04. The van der Waals surface area contributed by atoms with Crippen LogP contribution >= 0.6 is 0 Å². The number of carbonyl (C=O) groups excluding carboxylic acids is 1. The van der Waals surface area contributed by atoms with Crippen molar-refractivity contribution >= 4 is 11.8 Å². The van der Waals surface area contributed by atoms with Gasteiger partial charge in [0.25, 0.3) is 0 Å². The molecule has 0 spiro atoms. The number of rotatable bonds is 10. The van der Waals surface area contributed by atoms with Gasteiger partial charge in [-0.3, -0.25) is 9.59 Å². The number of aliphatic carboxylic acids is 1. The highest BCUT2D eigenvalue weighted by molar-refractivity contribution is 5.86. The third-order valence-electron chi connectivity index (χ3n) is 3.06. The van der Waals surface area contributed by atoms with Crippen LogP contribution < -0.4 is 11.5 Å². The summed E-state index contributed by atoms with van der Waals surface area (Å²) in [4.78, 5) is 23.0. The van der Waals surface area contributed by atoms with E-state index in [0.29, 0.717) is 12.3 Å². The second-order valence-corrected chi connectivity index (χ2v) is 5.38. The van der Waals surface area contributed by atoms with Gasteiger partial charge in [-0.25, -0.2) is 0 Å². The number of carboxylic acids is 1. The van der Waals surface area contributed by atoms with Gasteiger partial charge in [-0.05, 0) is 25.2 Å². The van der Waals surface area contributed by atoms with Gasteiger partial charge in [0, 0.05) is 12.8 Å². The first kappa shape index (κ1) is 17.1. The topological polar surface area (TPSA) is 110 Å². The van der Waals surface area contributed by atoms with E-state index in [2.05, 4.69) is 11.5 Å². The fourth-order valence-electron chi connectivity index (χ4n) is 1.99. The van der Waals surface area contributed by atoms with E-state index >= 15 is 0 Å². The molecule has 18 heavy (non-hydrogen) atoms. The lowest BCUT2D eigenvalue weighted by Gasteiger charge is -2.14. The van der Waals surface area contributed by atoms with E-state index in [9.17, 15) is 9.59 Å². The fraction of sp³-hybridized carbons (Fsp3) is 0.846. The lowest BCUT2D eigenvalue weighted by molar-refractivity contribution is -0.406. The Morgan fingerprint density at radius 3 is 2.28 bits per heavy atom. The van der Waals surface area contributed by atoms with Crippen LogP contribution in [0.25, 0.3) is 0 Å². The van der Waals surface area contributed by atoms with Gasteiger partial charge in [-0.15, -0.1) is 0 Å². The minimum Gasteiger partial charge on any atom is -0.481 e. The second kappa shape index (κ2) is 9.05. The van der Waals surface area contributed by atoms with Gasteiger partial charge in [0.15, 0.2) is 5.78 Å². The quantitative estimate of drug-likeness (QED) is 0.470. The van der Waals surface area contributed by atoms with Crippen molar-refractivity contribution in [1.29, 1.82) is 0 Å². The summed E-state index contributed by atoms with van der Waals surface area (Å²) < 4.78 is 0. The number of ketones is 1. The molecule has 0 amide bonds. The molecule has 0 radical (unpaired) electrons. The number of carboxylic acid groups (broad SMARTS) is 1. The van der Waals surface area contributed by atoms with E-state index in [4.69, 9.17) is 5.11 Å². The van der Waals surface area contributed by atoms with Crippen molar-refractivity contribution in [3.63, 3.8) is 0 Å². The SMILES string of the molecule is CC(C)CC([NH3+])C(=O)CC(CCCC[NH3+])C(=O)O. The Bertz CT molecular complexity index is 267. The molecule has 0 aliphatic carbocycles. The van der Waals surface area contributed by atoms with Crippen LogP contribution in [-0.4, -0.2) is 29.4 Å². The van der Waals surface area contributed by atoms with Crippen LogP contribution in [0.2, 0.25) is 0 Å². The van der Waals surface area contributed by atoms with Gasteiger partial charge in [-0.2, -0.15) is 0 Å². The zero-order chi connectivity index (χ0) is 14.1. The highest BCUT2D eigenvalue weighted by Crippen LogP contribution is 2.15. The predicted octanol–water partition coefficient (Wildman–Crippen LogP) is -0.285. The summed E-state index contributed by atoms with van der Waals surface area (Å²) in [7, 11) is 0. The Balaban J connectivity index is 4.22. The van der Waals surface area contributed by atoms with Gasteiger partial charge in [-0.1, -0.05) is 13.8 Å². The van der Waals surface area contributed by atoms with Crippen LogP contribution in [0, 0.1) is 11.8 Å². The van der Waals surface area contributed by atoms with Gasteiger partial charge < -0.3 is 16.6 Å². The Labute approximate surface area is 109 Å². The van der Waals surface area contributed by atoms with Crippen LogP contribution in [0.3, 0.4) is 0 Å². The van der Waals surface area contributed by atoms with Crippen molar-refractivity contribution in [3.05, 3.63) is 0 Å². The summed E-state index contributed by atoms with van der Waals surface area (Å²) in [6, 6.07) is -0.278. The number of quaternary nitrogens is 2. The third kappa shape index (κ3) is 7.40. The Kier molecular flexibility index (Phi) is 8.58. The van der Waals surface area contributed by atoms with Crippen LogP contribution in [0.5, 0.6) is 0 Å². The van der Waals surface area contributed by atoms with Gasteiger partial charge in [0.2, 0.25) is 0 Å². The van der Waals surface area contributed by atoms with E-state index < -0.39 is 11.9 Å². The van der Waals surface area contributed by atoms with Crippen LogP contribution in [0.4, 0.5) is 0 Å². The molecule has 0 aromatic carbocycles. The number of carbonyl (C=O) groups is 2. The van der Waals surface area contributed by atoms with Crippen molar-refractivity contribution in [2.24, 2.45) is 11.8 Å². The number of hydrogen-bond acceptors (Lipinski definition) is 2. The van der Waals surface area contributed by atoms with Crippen LogP contribution in [0.15, 0.2) is 0 Å². The zero-order valence-electron chi connectivity index (χ0n) is 11.7. The number of unbranched alkanes of at least 4 members (excludes halogenated alkanes) is 1. The fourth-order valence-corrected chi connectivity index (χ4v) is 1.99. The summed E-state index contributed by atoms with van der Waals surface area (Å²) >= 11 is 0. The maximum absolute atomic E-state index is 11.9. The molecular weight excluding hydrogens is 232 g/mol. The first-order chi connectivity index (χ1) is 8.38. The average Bonchev–Trinajstić information content (AvgIpc) is 2.26. The summed E-state index contributed by atoms with van der Waals surface area (Å²) in [5.41, 5.74) is 7.56. The largest absolute Gasteiger partial charge is 0.481 e. The van der Waals surface area contributed by atoms with Crippen molar-refractivity contribution < 1.29 is 26.2 Å². The Morgan fingerprint density at radius 1 is 1.22 bits per heavy atom. The van der Waals surface area contributed by atoms with Gasteiger partial charge >= 0.3 is 5.97 Å². The smallest absolute Gasteiger partial charge is 0.306 e. The summed E-state index contributed by atoms with van der Waals surface area (Å²) in [6.45, 7) is 4.88. The molecular formula is C13H28N2O3+2. The third-order valence-corrected chi connectivity index (χ3v) is 3.06. The molecule has 0 bridgehead atoms. The van der Waals surface area contributed by atoms with Crippen molar-refractivity contribution in [3.8, 4) is 0 Å². The highest BCUT2D eigenvalue weighted by atomic mass is 16.4. The molecule has 2 atom stereocenters. The summed E-state index contributed by atoms with van der Waals surface area (Å²) in [5, 5.41) is 9.10. The normalized spacial score (nSPS) is 14.5. The summed E-state index contributed by atoms with van der Waals surface area (Å²) in [6.07, 6.45) is 3.14. The average molecular weight is 260 g/mol. The lowest BCUT2D eigenvalue weighted by Crippen LogP contribution is -2.65. The van der Waals surface area contributed by atoms with Crippen molar-refractivity contribution in [2.75, 3.05) is 6.54 Å². The molecule has 0 aromatic heterocycles. The molecule has 0 fully saturated rings. The molecule has 0 saturated heterocycles. The van der Waals surface area contributed by atoms with Gasteiger partial charge in [0.05, 0.1) is 12.5 Å². The molecule has 5 nitrogen and oxygen atoms in total. The first-order valence-corrected chi connectivity index (χ1v) is 6.76. The van der Waals surface area contributed by atoms with E-state index in [0.717, 1.165) is 25.8 Å². The van der Waals surface area contributed by atoms with Gasteiger partial charge in [0.1, 0.15) is 6.04 Å². The molecule has 0 saturated carbocycles. The van der Waals surface area contributed by atoms with Crippen LogP contribution in [-0.2, 0) is 9.59 Å². The maximum atomic E-state index is 11.9. The molecule has 0 aliphatic heterocycles. The van der Waals surface area contributed by atoms with E-state index in [-0.39, 0.29) is 18.2 Å². The van der Waals surface area contributed by atoms with Crippen LogP contribution in [0.1, 0.15) is 46.0 Å². The van der Waals surface area contributed by atoms with E-state index in [1.807, 2.05) is 13.8 Å². The maximum Gasteiger partial charge on any atom is 0.306 e.